The van der Waals surface area contributed by atoms with Gasteiger partial charge in [-0.1, -0.05) is 38.5 Å². The van der Waals surface area contributed by atoms with Gasteiger partial charge in [-0.15, -0.1) is 0 Å². The van der Waals surface area contributed by atoms with Crippen LogP contribution in [0.2, 0.25) is 0 Å². The molecule has 4 atom stereocenters. The predicted molar refractivity (Wildman–Crippen MR) is 172 cm³/mol. The molecule has 7 nitrogen and oxygen atoms in total. The van der Waals surface area contributed by atoms with Gasteiger partial charge in [0.2, 0.25) is 5.91 Å². The summed E-state index contributed by atoms with van der Waals surface area (Å²) in [4.78, 5) is 36.5. The molecule has 3 aliphatic rings. The number of carbonyl (C=O) groups excluding carboxylic acids is 2. The Morgan fingerprint density at radius 1 is 1.23 bits per heavy atom. The summed E-state index contributed by atoms with van der Waals surface area (Å²) < 4.78 is 5.18. The summed E-state index contributed by atoms with van der Waals surface area (Å²) in [5.74, 6) is 1.57. The van der Waals surface area contributed by atoms with Gasteiger partial charge < -0.3 is 14.7 Å². The van der Waals surface area contributed by atoms with Gasteiger partial charge >= 0.3 is 5.97 Å². The molecule has 4 unspecified atom stereocenters. The van der Waals surface area contributed by atoms with E-state index in [1.54, 1.807) is 6.92 Å². The molecule has 1 aliphatic carbocycles. The summed E-state index contributed by atoms with van der Waals surface area (Å²) in [6.45, 7) is 15.6. The number of esters is 1. The van der Waals surface area contributed by atoms with Gasteiger partial charge in [0.15, 0.2) is 0 Å². The van der Waals surface area contributed by atoms with Crippen molar-refractivity contribution >= 4 is 18.6 Å². The summed E-state index contributed by atoms with van der Waals surface area (Å²) >= 11 is 0. The molecule has 0 radical (unpaired) electrons. The van der Waals surface area contributed by atoms with Crippen LogP contribution in [0.1, 0.15) is 110 Å². The second kappa shape index (κ2) is 14.8. The third-order valence-corrected chi connectivity index (χ3v) is 11.1. The van der Waals surface area contributed by atoms with E-state index in [-0.39, 0.29) is 42.5 Å². The number of likely N-dealkylation sites (tertiary alicyclic amines) is 1. The Labute approximate surface area is 258 Å². The van der Waals surface area contributed by atoms with Crippen LogP contribution in [0.4, 0.5) is 0 Å². The van der Waals surface area contributed by atoms with Gasteiger partial charge in [-0.25, -0.2) is 4.79 Å². The minimum absolute atomic E-state index is 0.142. The first-order valence-corrected chi connectivity index (χ1v) is 16.5. The maximum Gasteiger partial charge on any atom is 0.336 e. The zero-order valence-corrected chi connectivity index (χ0v) is 27.1. The van der Waals surface area contributed by atoms with Gasteiger partial charge in [0, 0.05) is 31.0 Å². The fraction of sp³-hybridized carbons (Fsp3) is 0.667. The van der Waals surface area contributed by atoms with E-state index in [2.05, 4.69) is 57.6 Å². The molecule has 236 valence electrons. The molecule has 7 heteroatoms. The van der Waals surface area contributed by atoms with E-state index in [1.165, 1.54) is 11.1 Å². The second-order valence-electron chi connectivity index (χ2n) is 13.4. The molecule has 0 aromatic carbocycles. The van der Waals surface area contributed by atoms with Crippen LogP contribution in [-0.4, -0.2) is 59.4 Å². The molecule has 4 rings (SSSR count). The fourth-order valence-electron chi connectivity index (χ4n) is 7.54. The zero-order valence-electron chi connectivity index (χ0n) is 27.1. The molecule has 0 bridgehead atoms. The van der Waals surface area contributed by atoms with Crippen molar-refractivity contribution in [1.82, 2.24) is 9.88 Å². The number of aliphatic hydroxyl groups excluding tert-OH is 1. The number of hydrogen-bond donors (Lipinski definition) is 1. The van der Waals surface area contributed by atoms with E-state index in [1.807, 2.05) is 11.1 Å². The molecule has 1 aromatic rings. The molecule has 3 heterocycles. The predicted octanol–water partition coefficient (Wildman–Crippen LogP) is 6.81. The smallest absolute Gasteiger partial charge is 0.336 e. The molecule has 1 saturated heterocycles. The zero-order chi connectivity index (χ0) is 31.1. The molecular formula is C36H53N3O4. The highest BCUT2D eigenvalue weighted by Crippen LogP contribution is 2.50. The van der Waals surface area contributed by atoms with Gasteiger partial charge in [0.1, 0.15) is 6.61 Å². The summed E-state index contributed by atoms with van der Waals surface area (Å²) in [7, 11) is 0. The average Bonchev–Trinajstić information content (AvgIpc) is 3.52. The molecule has 1 amide bonds. The van der Waals surface area contributed by atoms with E-state index in [0.717, 1.165) is 75.6 Å². The fourth-order valence-corrected chi connectivity index (χ4v) is 7.54. The molecule has 2 aliphatic heterocycles. The van der Waals surface area contributed by atoms with E-state index in [0.29, 0.717) is 29.9 Å². The van der Waals surface area contributed by atoms with E-state index < -0.39 is 0 Å². The van der Waals surface area contributed by atoms with Crippen molar-refractivity contribution in [1.29, 1.82) is 0 Å². The number of allylic oxidation sites excluding steroid dienone is 1. The number of ether oxygens (including phenoxy) is 1. The number of cyclic esters (lactones) is 1. The Balaban J connectivity index is 1.31. The topological polar surface area (TPSA) is 92.1 Å². The van der Waals surface area contributed by atoms with Gasteiger partial charge in [-0.05, 0) is 114 Å². The number of pyridine rings is 1. The van der Waals surface area contributed by atoms with Crippen LogP contribution < -0.4 is 0 Å². The minimum atomic E-state index is -0.305. The van der Waals surface area contributed by atoms with Gasteiger partial charge in [0.05, 0.1) is 22.7 Å². The first kappa shape index (κ1) is 33.1. The van der Waals surface area contributed by atoms with Crippen molar-refractivity contribution in [2.24, 2.45) is 28.2 Å². The van der Waals surface area contributed by atoms with E-state index in [9.17, 15) is 14.7 Å². The highest BCUT2D eigenvalue weighted by Gasteiger charge is 2.50. The van der Waals surface area contributed by atoms with Gasteiger partial charge in [-0.3, -0.25) is 14.8 Å². The van der Waals surface area contributed by atoms with Crippen LogP contribution >= 0.6 is 0 Å². The van der Waals surface area contributed by atoms with Crippen molar-refractivity contribution in [3.63, 3.8) is 0 Å². The number of hydrogen-bond acceptors (Lipinski definition) is 6. The normalized spacial score (nSPS) is 25.7. The van der Waals surface area contributed by atoms with Crippen LogP contribution in [0.15, 0.2) is 46.2 Å². The lowest BCUT2D eigenvalue weighted by molar-refractivity contribution is -0.138. The molecule has 2 fully saturated rings. The Kier molecular flexibility index (Phi) is 11.4. The lowest BCUT2D eigenvalue weighted by Gasteiger charge is -2.40. The second-order valence-corrected chi connectivity index (χ2v) is 13.4. The number of amides is 1. The molecule has 43 heavy (non-hydrogen) atoms. The lowest BCUT2D eigenvalue weighted by Crippen LogP contribution is -2.39. The van der Waals surface area contributed by atoms with Crippen molar-refractivity contribution in [2.75, 3.05) is 19.8 Å². The summed E-state index contributed by atoms with van der Waals surface area (Å²) in [6.07, 6.45) is 13.7. The average molecular weight is 592 g/mol. The van der Waals surface area contributed by atoms with Crippen LogP contribution in [0, 0.1) is 23.2 Å². The van der Waals surface area contributed by atoms with Crippen molar-refractivity contribution < 1.29 is 19.4 Å². The van der Waals surface area contributed by atoms with Crippen molar-refractivity contribution in [3.8, 4) is 0 Å². The minimum Gasteiger partial charge on any atom is -0.456 e. The maximum absolute atomic E-state index is 13.6. The quantitative estimate of drug-likeness (QED) is 0.146. The first-order chi connectivity index (χ1) is 20.6. The van der Waals surface area contributed by atoms with Crippen LogP contribution in [0.25, 0.3) is 0 Å². The summed E-state index contributed by atoms with van der Waals surface area (Å²) in [5, 5.41) is 9.90. The monoisotopic (exact) mass is 591 g/mol. The molecule has 1 N–H and O–H groups in total. The third kappa shape index (κ3) is 7.47. The standard InChI is InChI=1S/C36H53N3O4/c1-7-24(2)8-13-32(37-6)26(4)30-10-12-31(38-22-30)11-9-28(16-21-40)25(3)29-14-17-36(18-15-29)19-20-39(35(36)42)33-23-43-34(41)27(33)5/h8,10,12,22,25-26,28-29,32,40H,6-7,9,11,13-21,23H2,1-5H3. The Bertz CT molecular complexity index is 1200. The van der Waals surface area contributed by atoms with Crippen molar-refractivity contribution in [3.05, 3.63) is 52.5 Å². The van der Waals surface area contributed by atoms with Crippen LogP contribution in [0.5, 0.6) is 0 Å². The highest BCUT2D eigenvalue weighted by atomic mass is 16.5. The Hall–Kier alpha value is -2.80. The van der Waals surface area contributed by atoms with Gasteiger partial charge in [-0.2, -0.15) is 0 Å². The molecular weight excluding hydrogens is 538 g/mol. The van der Waals surface area contributed by atoms with Crippen molar-refractivity contribution in [2.45, 2.75) is 111 Å². The molecule has 1 saturated carbocycles. The van der Waals surface area contributed by atoms with E-state index >= 15 is 0 Å². The Morgan fingerprint density at radius 3 is 2.56 bits per heavy atom. The lowest BCUT2D eigenvalue weighted by atomic mass is 9.64. The van der Waals surface area contributed by atoms with Crippen LogP contribution in [-0.2, 0) is 20.7 Å². The first-order valence-electron chi connectivity index (χ1n) is 16.5. The molecule has 1 spiro atoms. The largest absolute Gasteiger partial charge is 0.456 e. The van der Waals surface area contributed by atoms with Crippen LogP contribution in [0.3, 0.4) is 0 Å². The summed E-state index contributed by atoms with van der Waals surface area (Å²) in [5.41, 5.74) is 4.71. The number of carbonyl (C=O) groups is 2. The number of nitrogens with zero attached hydrogens (tertiary/aromatic N) is 3. The maximum atomic E-state index is 13.6. The number of aryl methyl sites for hydroxylation is 1. The number of rotatable bonds is 14. The number of aliphatic imine (C=N–C) groups is 1. The number of aromatic nitrogens is 1. The SMILES string of the molecule is C=NC(CC=C(C)CC)C(C)c1ccc(CCC(CCO)C(C)C2CCC3(CC2)CCN(C2=C(C)C(=O)OC2)C3=O)nc1. The van der Waals surface area contributed by atoms with Gasteiger partial charge in [0.25, 0.3) is 0 Å². The van der Waals surface area contributed by atoms with E-state index in [4.69, 9.17) is 9.72 Å². The third-order valence-electron chi connectivity index (χ3n) is 11.1. The molecule has 1 aromatic heterocycles. The highest BCUT2D eigenvalue weighted by molar-refractivity contribution is 5.94. The Morgan fingerprint density at radius 2 is 1.98 bits per heavy atom. The summed E-state index contributed by atoms with van der Waals surface area (Å²) in [6, 6.07) is 4.49. The number of aliphatic hydroxyl groups is 1.